The summed E-state index contributed by atoms with van der Waals surface area (Å²) in [5.74, 6) is 1.98. The van der Waals surface area contributed by atoms with Crippen molar-refractivity contribution >= 4 is 9.52 Å². The van der Waals surface area contributed by atoms with Crippen LogP contribution in [0.5, 0.6) is 0 Å². The normalized spacial score (nSPS) is 32.3. The lowest BCUT2D eigenvalue weighted by Crippen LogP contribution is -2.24. The van der Waals surface area contributed by atoms with Gasteiger partial charge < -0.3 is 4.74 Å². The maximum Gasteiger partial charge on any atom is 0.261 e. The van der Waals surface area contributed by atoms with Crippen LogP contribution in [0.25, 0.3) is 0 Å². The monoisotopic (exact) mass is 344 g/mol. The third kappa shape index (κ3) is 7.64. The zero-order chi connectivity index (χ0) is 16.5. The minimum atomic E-state index is -2.32. The molecule has 2 aliphatic rings. The van der Waals surface area contributed by atoms with Crippen molar-refractivity contribution < 1.29 is 13.5 Å². The molecule has 0 aliphatic heterocycles. The van der Waals surface area contributed by atoms with E-state index in [0.29, 0.717) is 0 Å². The Morgan fingerprint density at radius 3 is 2.22 bits per heavy atom. The molecular weight excluding hydrogens is 310 g/mol. The number of hydrogen-bond donors (Lipinski definition) is 0. The summed E-state index contributed by atoms with van der Waals surface area (Å²) < 4.78 is 29.6. The summed E-state index contributed by atoms with van der Waals surface area (Å²) in [7, 11) is 1.09. The van der Waals surface area contributed by atoms with E-state index in [9.17, 15) is 8.78 Å². The Kier molecular flexibility index (Phi) is 9.10. The molecule has 134 valence electrons. The number of rotatable bonds is 9. The highest BCUT2D eigenvalue weighted by Gasteiger charge is 2.25. The maximum absolute atomic E-state index is 12.2. The standard InChI is InChI=1S/C19H34F2OSi/c1-2-3-4-15-5-7-16(8-6-15)14-23-18-11-9-17(10-12-18)22-13-19(20)21/h15-19H,2-14H2,1H3. The maximum atomic E-state index is 12.2. The number of ether oxygens (including phenoxy) is 1. The largest absolute Gasteiger partial charge is 0.372 e. The summed E-state index contributed by atoms with van der Waals surface area (Å²) in [6.07, 6.45) is 12.2. The third-order valence-electron chi connectivity index (χ3n) is 5.76. The van der Waals surface area contributed by atoms with Gasteiger partial charge in [-0.3, -0.25) is 0 Å². The van der Waals surface area contributed by atoms with Gasteiger partial charge in [-0.2, -0.15) is 0 Å². The first kappa shape index (κ1) is 19.4. The molecule has 0 aromatic rings. The Morgan fingerprint density at radius 1 is 0.957 bits per heavy atom. The molecule has 0 amide bonds. The summed E-state index contributed by atoms with van der Waals surface area (Å²) in [4.78, 5) is 0. The predicted molar refractivity (Wildman–Crippen MR) is 93.5 cm³/mol. The van der Waals surface area contributed by atoms with E-state index in [0.717, 1.165) is 39.7 Å². The van der Waals surface area contributed by atoms with Gasteiger partial charge in [0.25, 0.3) is 6.43 Å². The fraction of sp³-hybridized carbons (Fsp3) is 1.00. The molecule has 23 heavy (non-hydrogen) atoms. The number of halogens is 2. The van der Waals surface area contributed by atoms with Crippen LogP contribution in [0.3, 0.4) is 0 Å². The zero-order valence-corrected chi connectivity index (χ0v) is 15.7. The van der Waals surface area contributed by atoms with Gasteiger partial charge in [0, 0.05) is 9.52 Å². The van der Waals surface area contributed by atoms with Crippen molar-refractivity contribution in [3.8, 4) is 0 Å². The van der Waals surface area contributed by atoms with E-state index in [-0.39, 0.29) is 12.7 Å². The van der Waals surface area contributed by atoms with Gasteiger partial charge in [-0.15, -0.1) is 0 Å². The first-order chi connectivity index (χ1) is 11.2. The van der Waals surface area contributed by atoms with Crippen molar-refractivity contribution in [3.63, 3.8) is 0 Å². The van der Waals surface area contributed by atoms with Crippen molar-refractivity contribution in [2.75, 3.05) is 6.61 Å². The predicted octanol–water partition coefficient (Wildman–Crippen LogP) is 6.12. The molecule has 0 aromatic heterocycles. The molecule has 2 radical (unpaired) electrons. The van der Waals surface area contributed by atoms with Crippen LogP contribution in [0.15, 0.2) is 0 Å². The molecule has 2 aliphatic carbocycles. The van der Waals surface area contributed by atoms with E-state index in [1.54, 1.807) is 0 Å². The van der Waals surface area contributed by atoms with Crippen molar-refractivity contribution in [1.29, 1.82) is 0 Å². The molecule has 1 nitrogen and oxygen atoms in total. The lowest BCUT2D eigenvalue weighted by atomic mass is 9.80. The molecule has 2 rings (SSSR count). The van der Waals surface area contributed by atoms with Gasteiger partial charge in [-0.05, 0) is 30.2 Å². The quantitative estimate of drug-likeness (QED) is 0.458. The molecule has 0 heterocycles. The molecule has 0 N–H and O–H groups in total. The fourth-order valence-corrected chi connectivity index (χ4v) is 6.01. The van der Waals surface area contributed by atoms with E-state index >= 15 is 0 Å². The molecule has 2 saturated carbocycles. The molecule has 0 atom stereocenters. The molecule has 2 fully saturated rings. The molecule has 0 bridgehead atoms. The topological polar surface area (TPSA) is 9.23 Å². The molecular formula is C19H34F2OSi. The summed E-state index contributed by atoms with van der Waals surface area (Å²) >= 11 is 0. The van der Waals surface area contributed by atoms with Crippen LogP contribution in [0.2, 0.25) is 11.6 Å². The van der Waals surface area contributed by atoms with Gasteiger partial charge in [0.15, 0.2) is 0 Å². The minimum Gasteiger partial charge on any atom is -0.372 e. The molecule has 0 unspecified atom stereocenters. The van der Waals surface area contributed by atoms with E-state index in [2.05, 4.69) is 6.92 Å². The SMILES string of the molecule is CCCCC1CCC(C[Si]C2CCC(OCC(F)F)CC2)CC1. The molecule has 0 spiro atoms. The fourth-order valence-electron chi connectivity index (χ4n) is 4.19. The lowest BCUT2D eigenvalue weighted by Gasteiger charge is -2.31. The number of hydrogen-bond acceptors (Lipinski definition) is 1. The minimum absolute atomic E-state index is 0.0963. The third-order valence-corrected chi connectivity index (χ3v) is 7.73. The highest BCUT2D eigenvalue weighted by Crippen LogP contribution is 2.36. The second-order valence-electron chi connectivity index (χ2n) is 7.64. The molecule has 0 aromatic carbocycles. The van der Waals surface area contributed by atoms with Crippen LogP contribution in [0, 0.1) is 11.8 Å². The van der Waals surface area contributed by atoms with Gasteiger partial charge in [-0.25, -0.2) is 8.78 Å². The Hall–Kier alpha value is 0.0369. The molecule has 4 heteroatoms. The average Bonchev–Trinajstić information content (AvgIpc) is 2.58. The van der Waals surface area contributed by atoms with Crippen LogP contribution in [-0.4, -0.2) is 28.7 Å². The second kappa shape index (κ2) is 10.8. The Labute approximate surface area is 143 Å². The van der Waals surface area contributed by atoms with Crippen LogP contribution in [0.4, 0.5) is 8.78 Å². The second-order valence-corrected chi connectivity index (χ2v) is 9.27. The van der Waals surface area contributed by atoms with Crippen molar-refractivity contribution in [2.24, 2.45) is 11.8 Å². The summed E-state index contributed by atoms with van der Waals surface area (Å²) in [6.45, 7) is 1.92. The highest BCUT2D eigenvalue weighted by molar-refractivity contribution is 6.37. The summed E-state index contributed by atoms with van der Waals surface area (Å²) in [6, 6.07) is 1.42. The van der Waals surface area contributed by atoms with E-state index in [1.165, 1.54) is 63.8 Å². The Morgan fingerprint density at radius 2 is 1.61 bits per heavy atom. The summed E-state index contributed by atoms with van der Waals surface area (Å²) in [5, 5.41) is 0. The zero-order valence-electron chi connectivity index (χ0n) is 14.7. The molecule has 0 saturated heterocycles. The average molecular weight is 345 g/mol. The smallest absolute Gasteiger partial charge is 0.261 e. The van der Waals surface area contributed by atoms with E-state index < -0.39 is 6.43 Å². The van der Waals surface area contributed by atoms with Gasteiger partial charge >= 0.3 is 0 Å². The Bertz CT molecular complexity index is 298. The first-order valence-corrected chi connectivity index (χ1v) is 11.1. The van der Waals surface area contributed by atoms with Gasteiger partial charge in [0.1, 0.15) is 6.61 Å². The first-order valence-electron chi connectivity index (χ1n) is 9.80. The van der Waals surface area contributed by atoms with E-state index in [4.69, 9.17) is 4.74 Å². The van der Waals surface area contributed by atoms with Crippen molar-refractivity contribution in [3.05, 3.63) is 0 Å². The van der Waals surface area contributed by atoms with Crippen molar-refractivity contribution in [2.45, 2.75) is 102 Å². The van der Waals surface area contributed by atoms with Crippen LogP contribution < -0.4 is 0 Å². The van der Waals surface area contributed by atoms with Crippen LogP contribution >= 0.6 is 0 Å². The van der Waals surface area contributed by atoms with Gasteiger partial charge in [-0.1, -0.05) is 70.8 Å². The van der Waals surface area contributed by atoms with Crippen molar-refractivity contribution in [1.82, 2.24) is 0 Å². The van der Waals surface area contributed by atoms with E-state index in [1.807, 2.05) is 0 Å². The number of unbranched alkanes of at least 4 members (excludes halogenated alkanes) is 1. The highest BCUT2D eigenvalue weighted by atomic mass is 28.2. The summed E-state index contributed by atoms with van der Waals surface area (Å²) in [5.41, 5.74) is 0.846. The Balaban J connectivity index is 1.52. The van der Waals surface area contributed by atoms with Gasteiger partial charge in [0.05, 0.1) is 6.10 Å². The van der Waals surface area contributed by atoms with Crippen LogP contribution in [0.1, 0.15) is 77.6 Å². The lowest BCUT2D eigenvalue weighted by molar-refractivity contribution is -0.0365. The van der Waals surface area contributed by atoms with Gasteiger partial charge in [0.2, 0.25) is 0 Å². The number of alkyl halides is 2. The van der Waals surface area contributed by atoms with Crippen LogP contribution in [-0.2, 0) is 4.74 Å².